The molecule has 0 heterocycles. The standard InChI is InChI=1S/C11H17N3/c1-3-6-9-7-4-5-8-10(9)14-11(12)13-2/h4-5,7-8H,3,6H2,1-2H3,(H3,12,13,14). The number of hydrogen-bond donors (Lipinski definition) is 2. The van der Waals surface area contributed by atoms with Gasteiger partial charge in [0.25, 0.3) is 0 Å². The van der Waals surface area contributed by atoms with Crippen LogP contribution < -0.4 is 11.1 Å². The maximum absolute atomic E-state index is 5.61. The van der Waals surface area contributed by atoms with E-state index < -0.39 is 0 Å². The minimum Gasteiger partial charge on any atom is -0.370 e. The second-order valence-corrected chi connectivity index (χ2v) is 3.14. The highest BCUT2D eigenvalue weighted by atomic mass is 15.1. The van der Waals surface area contributed by atoms with Gasteiger partial charge in [0.15, 0.2) is 5.96 Å². The molecule has 0 saturated heterocycles. The Morgan fingerprint density at radius 2 is 2.14 bits per heavy atom. The summed E-state index contributed by atoms with van der Waals surface area (Å²) in [6.45, 7) is 2.16. The summed E-state index contributed by atoms with van der Waals surface area (Å²) < 4.78 is 0. The number of hydrogen-bond acceptors (Lipinski definition) is 1. The van der Waals surface area contributed by atoms with Gasteiger partial charge < -0.3 is 11.1 Å². The van der Waals surface area contributed by atoms with Crippen LogP contribution in [0.2, 0.25) is 0 Å². The topological polar surface area (TPSA) is 50.4 Å². The summed E-state index contributed by atoms with van der Waals surface area (Å²) in [7, 11) is 1.67. The molecular weight excluding hydrogens is 174 g/mol. The largest absolute Gasteiger partial charge is 0.370 e. The number of rotatable bonds is 3. The van der Waals surface area contributed by atoms with Crippen molar-refractivity contribution in [1.82, 2.24) is 0 Å². The summed E-state index contributed by atoms with van der Waals surface area (Å²) in [5.41, 5.74) is 7.94. The predicted molar refractivity (Wildman–Crippen MR) is 61.6 cm³/mol. The molecule has 3 nitrogen and oxygen atoms in total. The molecule has 1 aromatic rings. The Kier molecular flexibility index (Phi) is 3.98. The molecule has 1 aromatic carbocycles. The molecule has 0 aromatic heterocycles. The lowest BCUT2D eigenvalue weighted by Crippen LogP contribution is -2.22. The van der Waals surface area contributed by atoms with Gasteiger partial charge in [0.1, 0.15) is 0 Å². The normalized spacial score (nSPS) is 11.4. The Morgan fingerprint density at radius 3 is 2.79 bits per heavy atom. The molecule has 0 atom stereocenters. The van der Waals surface area contributed by atoms with Crippen molar-refractivity contribution < 1.29 is 0 Å². The molecule has 3 heteroatoms. The Hall–Kier alpha value is -1.51. The zero-order chi connectivity index (χ0) is 10.4. The van der Waals surface area contributed by atoms with Crippen LogP contribution in [0.25, 0.3) is 0 Å². The van der Waals surface area contributed by atoms with Crippen LogP contribution in [0.5, 0.6) is 0 Å². The number of anilines is 1. The third-order valence-electron chi connectivity index (χ3n) is 2.04. The number of nitrogens with one attached hydrogen (secondary N) is 1. The molecule has 0 bridgehead atoms. The van der Waals surface area contributed by atoms with E-state index in [9.17, 15) is 0 Å². The van der Waals surface area contributed by atoms with Crippen LogP contribution >= 0.6 is 0 Å². The lowest BCUT2D eigenvalue weighted by molar-refractivity contribution is 0.924. The van der Waals surface area contributed by atoms with Gasteiger partial charge in [0.2, 0.25) is 0 Å². The molecular formula is C11H17N3. The van der Waals surface area contributed by atoms with Crippen molar-refractivity contribution >= 4 is 11.6 Å². The van der Waals surface area contributed by atoms with Crippen LogP contribution in [-0.2, 0) is 6.42 Å². The highest BCUT2D eigenvalue weighted by molar-refractivity contribution is 5.92. The van der Waals surface area contributed by atoms with E-state index in [2.05, 4.69) is 23.3 Å². The van der Waals surface area contributed by atoms with Gasteiger partial charge in [-0.1, -0.05) is 31.5 Å². The predicted octanol–water partition coefficient (Wildman–Crippen LogP) is 2.00. The third-order valence-corrected chi connectivity index (χ3v) is 2.04. The van der Waals surface area contributed by atoms with Crippen LogP contribution in [0.3, 0.4) is 0 Å². The Morgan fingerprint density at radius 1 is 1.43 bits per heavy atom. The molecule has 1 rings (SSSR count). The van der Waals surface area contributed by atoms with Crippen LogP contribution in [0.4, 0.5) is 5.69 Å². The molecule has 3 N–H and O–H groups in total. The second kappa shape index (κ2) is 5.27. The van der Waals surface area contributed by atoms with Crippen molar-refractivity contribution in [3.8, 4) is 0 Å². The van der Waals surface area contributed by atoms with Crippen molar-refractivity contribution in [2.24, 2.45) is 10.7 Å². The second-order valence-electron chi connectivity index (χ2n) is 3.14. The summed E-state index contributed by atoms with van der Waals surface area (Å²) in [6, 6.07) is 8.15. The van der Waals surface area contributed by atoms with Gasteiger partial charge in [0.05, 0.1) is 0 Å². The van der Waals surface area contributed by atoms with E-state index in [0.717, 1.165) is 18.5 Å². The summed E-state index contributed by atoms with van der Waals surface area (Å²) in [4.78, 5) is 3.87. The lowest BCUT2D eigenvalue weighted by atomic mass is 10.1. The summed E-state index contributed by atoms with van der Waals surface area (Å²) in [5, 5.41) is 3.07. The number of aliphatic imine (C=N–C) groups is 1. The fraction of sp³-hybridized carbons (Fsp3) is 0.364. The van der Waals surface area contributed by atoms with Gasteiger partial charge in [-0.05, 0) is 18.1 Å². The van der Waals surface area contributed by atoms with Gasteiger partial charge in [-0.3, -0.25) is 4.99 Å². The first-order valence-electron chi connectivity index (χ1n) is 4.85. The smallest absolute Gasteiger partial charge is 0.192 e. The number of nitrogens with zero attached hydrogens (tertiary/aromatic N) is 1. The Bertz CT molecular complexity index is 318. The van der Waals surface area contributed by atoms with Crippen LogP contribution in [-0.4, -0.2) is 13.0 Å². The maximum atomic E-state index is 5.61. The van der Waals surface area contributed by atoms with Crippen LogP contribution in [0.15, 0.2) is 29.3 Å². The van der Waals surface area contributed by atoms with Crippen molar-refractivity contribution in [3.63, 3.8) is 0 Å². The molecule has 0 unspecified atom stereocenters. The van der Waals surface area contributed by atoms with E-state index in [1.165, 1.54) is 5.56 Å². The average molecular weight is 191 g/mol. The van der Waals surface area contributed by atoms with Crippen molar-refractivity contribution in [2.45, 2.75) is 19.8 Å². The molecule has 76 valence electrons. The lowest BCUT2D eigenvalue weighted by Gasteiger charge is -2.09. The third kappa shape index (κ3) is 2.76. The molecule has 0 saturated carbocycles. The molecule has 0 radical (unpaired) electrons. The van der Waals surface area contributed by atoms with Crippen molar-refractivity contribution in [3.05, 3.63) is 29.8 Å². The molecule has 0 aliphatic carbocycles. The van der Waals surface area contributed by atoms with Gasteiger partial charge in [-0.15, -0.1) is 0 Å². The quantitative estimate of drug-likeness (QED) is 0.567. The summed E-state index contributed by atoms with van der Waals surface area (Å²) >= 11 is 0. The van der Waals surface area contributed by atoms with Crippen LogP contribution in [0, 0.1) is 0 Å². The van der Waals surface area contributed by atoms with E-state index in [4.69, 9.17) is 5.73 Å². The summed E-state index contributed by atoms with van der Waals surface area (Å²) in [6.07, 6.45) is 2.18. The summed E-state index contributed by atoms with van der Waals surface area (Å²) in [5.74, 6) is 0.452. The first-order valence-corrected chi connectivity index (χ1v) is 4.85. The number of nitrogens with two attached hydrogens (primary N) is 1. The SMILES string of the molecule is CCCc1ccccc1NC(N)=NC. The molecule has 0 aliphatic rings. The Balaban J connectivity index is 2.84. The van der Waals surface area contributed by atoms with E-state index in [0.29, 0.717) is 5.96 Å². The zero-order valence-corrected chi connectivity index (χ0v) is 8.75. The molecule has 14 heavy (non-hydrogen) atoms. The van der Waals surface area contributed by atoms with Crippen LogP contribution in [0.1, 0.15) is 18.9 Å². The van der Waals surface area contributed by atoms with E-state index in [-0.39, 0.29) is 0 Å². The highest BCUT2D eigenvalue weighted by Gasteiger charge is 2.00. The van der Waals surface area contributed by atoms with Gasteiger partial charge >= 0.3 is 0 Å². The molecule has 0 fully saturated rings. The van der Waals surface area contributed by atoms with Crippen molar-refractivity contribution in [2.75, 3.05) is 12.4 Å². The first kappa shape index (κ1) is 10.6. The van der Waals surface area contributed by atoms with Gasteiger partial charge in [-0.25, -0.2) is 0 Å². The van der Waals surface area contributed by atoms with E-state index in [1.54, 1.807) is 7.05 Å². The minimum absolute atomic E-state index is 0.452. The van der Waals surface area contributed by atoms with Crippen molar-refractivity contribution in [1.29, 1.82) is 0 Å². The molecule has 0 amide bonds. The average Bonchev–Trinajstić information content (AvgIpc) is 2.21. The first-order chi connectivity index (χ1) is 6.77. The minimum atomic E-state index is 0.452. The number of benzene rings is 1. The zero-order valence-electron chi connectivity index (χ0n) is 8.75. The van der Waals surface area contributed by atoms with E-state index >= 15 is 0 Å². The number of guanidine groups is 1. The molecule has 0 aliphatic heterocycles. The highest BCUT2D eigenvalue weighted by Crippen LogP contribution is 2.16. The number of para-hydroxylation sites is 1. The molecule has 0 spiro atoms. The number of aryl methyl sites for hydroxylation is 1. The maximum Gasteiger partial charge on any atom is 0.192 e. The van der Waals surface area contributed by atoms with Gasteiger partial charge in [-0.2, -0.15) is 0 Å². The Labute approximate surface area is 85.0 Å². The van der Waals surface area contributed by atoms with E-state index in [1.807, 2.05) is 18.2 Å². The fourth-order valence-electron chi connectivity index (χ4n) is 1.32. The fourth-order valence-corrected chi connectivity index (χ4v) is 1.32. The van der Waals surface area contributed by atoms with Gasteiger partial charge in [0, 0.05) is 12.7 Å². The monoisotopic (exact) mass is 191 g/mol.